The van der Waals surface area contributed by atoms with E-state index in [1.54, 1.807) is 0 Å². The normalized spacial score (nSPS) is 24.7. The summed E-state index contributed by atoms with van der Waals surface area (Å²) in [6.07, 6.45) is 0.988. The largest absolute Gasteiger partial charge is 0.308 e. The van der Waals surface area contributed by atoms with E-state index < -0.39 is 0 Å². The molecule has 1 saturated heterocycles. The summed E-state index contributed by atoms with van der Waals surface area (Å²) in [6.45, 7) is 9.32. The minimum absolute atomic E-state index is 0.102. The molecule has 2 unspecified atom stereocenters. The van der Waals surface area contributed by atoms with Crippen LogP contribution in [0.3, 0.4) is 0 Å². The summed E-state index contributed by atoms with van der Waals surface area (Å²) in [6, 6.07) is 8.54. The Morgan fingerprint density at radius 3 is 2.42 bits per heavy atom. The van der Waals surface area contributed by atoms with Crippen LogP contribution in [0.25, 0.3) is 0 Å². The first-order valence-corrected chi connectivity index (χ1v) is 7.17. The van der Waals surface area contributed by atoms with E-state index in [-0.39, 0.29) is 18.0 Å². The van der Waals surface area contributed by atoms with E-state index in [9.17, 15) is 4.79 Å². The number of carbonyl (C=O) groups excluding carboxylic acids is 1. The molecule has 0 spiro atoms. The zero-order chi connectivity index (χ0) is 14.0. The van der Waals surface area contributed by atoms with E-state index in [2.05, 4.69) is 50.4 Å². The quantitative estimate of drug-likeness (QED) is 0.886. The Balaban J connectivity index is 2.29. The standard InChI is InChI=1S/C16H24N2O/c1-11(2)14-5-7-15(8-6-14)18-12(3)9-10-17-13(4)16(18)19/h5-8,11-13,17H,9-10H2,1-4H3. The van der Waals surface area contributed by atoms with E-state index in [1.807, 2.05) is 11.8 Å². The Morgan fingerprint density at radius 2 is 1.84 bits per heavy atom. The van der Waals surface area contributed by atoms with Gasteiger partial charge in [0.25, 0.3) is 0 Å². The van der Waals surface area contributed by atoms with Gasteiger partial charge in [0, 0.05) is 11.7 Å². The molecule has 1 aromatic carbocycles. The number of nitrogens with one attached hydrogen (secondary N) is 1. The number of benzene rings is 1. The first-order valence-electron chi connectivity index (χ1n) is 7.17. The van der Waals surface area contributed by atoms with Gasteiger partial charge in [-0.1, -0.05) is 26.0 Å². The summed E-state index contributed by atoms with van der Waals surface area (Å²) >= 11 is 0. The number of nitrogens with zero attached hydrogens (tertiary/aromatic N) is 1. The van der Waals surface area contributed by atoms with Gasteiger partial charge in [0.1, 0.15) is 0 Å². The van der Waals surface area contributed by atoms with Crippen LogP contribution in [0.4, 0.5) is 5.69 Å². The highest BCUT2D eigenvalue weighted by Crippen LogP contribution is 2.24. The van der Waals surface area contributed by atoms with Crippen molar-refractivity contribution in [3.8, 4) is 0 Å². The molecule has 3 heteroatoms. The van der Waals surface area contributed by atoms with Crippen molar-refractivity contribution < 1.29 is 4.79 Å². The highest BCUT2D eigenvalue weighted by atomic mass is 16.2. The number of carbonyl (C=O) groups is 1. The molecule has 1 aliphatic heterocycles. The third kappa shape index (κ3) is 2.98. The number of amides is 1. The highest BCUT2D eigenvalue weighted by molar-refractivity contribution is 5.97. The van der Waals surface area contributed by atoms with E-state index >= 15 is 0 Å². The number of rotatable bonds is 2. The first-order chi connectivity index (χ1) is 9.00. The van der Waals surface area contributed by atoms with E-state index in [0.29, 0.717) is 5.92 Å². The molecule has 0 aliphatic carbocycles. The summed E-state index contributed by atoms with van der Waals surface area (Å²) in [5, 5.41) is 3.26. The maximum atomic E-state index is 12.4. The molecule has 19 heavy (non-hydrogen) atoms. The summed E-state index contributed by atoms with van der Waals surface area (Å²) in [4.78, 5) is 14.4. The third-order valence-corrected chi connectivity index (χ3v) is 3.90. The SMILES string of the molecule is CC1NCCC(C)N(c2ccc(C(C)C)cc2)C1=O. The minimum Gasteiger partial charge on any atom is -0.308 e. The molecule has 0 saturated carbocycles. The molecule has 2 atom stereocenters. The van der Waals surface area contributed by atoms with Crippen molar-refractivity contribution in [1.82, 2.24) is 5.32 Å². The van der Waals surface area contributed by atoms with Crippen molar-refractivity contribution >= 4 is 11.6 Å². The fourth-order valence-electron chi connectivity index (χ4n) is 2.55. The monoisotopic (exact) mass is 260 g/mol. The zero-order valence-electron chi connectivity index (χ0n) is 12.3. The van der Waals surface area contributed by atoms with Crippen molar-refractivity contribution in [1.29, 1.82) is 0 Å². The van der Waals surface area contributed by atoms with Crippen LogP contribution in [0.2, 0.25) is 0 Å². The molecule has 0 bridgehead atoms. The van der Waals surface area contributed by atoms with Gasteiger partial charge in [-0.15, -0.1) is 0 Å². The fourth-order valence-corrected chi connectivity index (χ4v) is 2.55. The lowest BCUT2D eigenvalue weighted by atomic mass is 10.0. The fraction of sp³-hybridized carbons (Fsp3) is 0.562. The molecule has 2 rings (SSSR count). The summed E-state index contributed by atoms with van der Waals surface area (Å²) in [5.41, 5.74) is 2.32. The highest BCUT2D eigenvalue weighted by Gasteiger charge is 2.28. The van der Waals surface area contributed by atoms with E-state index in [0.717, 1.165) is 18.7 Å². The van der Waals surface area contributed by atoms with Gasteiger partial charge >= 0.3 is 0 Å². The van der Waals surface area contributed by atoms with E-state index in [1.165, 1.54) is 5.56 Å². The second kappa shape index (κ2) is 5.74. The topological polar surface area (TPSA) is 32.3 Å². The van der Waals surface area contributed by atoms with Crippen molar-refractivity contribution in [3.05, 3.63) is 29.8 Å². The molecule has 1 aromatic rings. The molecule has 0 aromatic heterocycles. The Hall–Kier alpha value is -1.35. The molecule has 1 heterocycles. The molecule has 1 fully saturated rings. The van der Waals surface area contributed by atoms with Crippen LogP contribution in [0.15, 0.2) is 24.3 Å². The van der Waals surface area contributed by atoms with E-state index in [4.69, 9.17) is 0 Å². The van der Waals surface area contributed by atoms with Crippen molar-refractivity contribution in [2.75, 3.05) is 11.4 Å². The predicted molar refractivity (Wildman–Crippen MR) is 79.6 cm³/mol. The van der Waals surface area contributed by atoms with Gasteiger partial charge in [-0.25, -0.2) is 0 Å². The maximum Gasteiger partial charge on any atom is 0.244 e. The van der Waals surface area contributed by atoms with Gasteiger partial charge in [0.15, 0.2) is 0 Å². The minimum atomic E-state index is -0.102. The Morgan fingerprint density at radius 1 is 1.21 bits per heavy atom. The Bertz CT molecular complexity index is 439. The first kappa shape index (κ1) is 14.1. The molecule has 1 amide bonds. The summed E-state index contributed by atoms with van der Waals surface area (Å²) in [7, 11) is 0. The molecular formula is C16H24N2O. The maximum absolute atomic E-state index is 12.4. The third-order valence-electron chi connectivity index (χ3n) is 3.90. The Labute approximate surface area is 116 Å². The van der Waals surface area contributed by atoms with Crippen LogP contribution >= 0.6 is 0 Å². The molecule has 1 N–H and O–H groups in total. The number of anilines is 1. The smallest absolute Gasteiger partial charge is 0.244 e. The second-order valence-electron chi connectivity index (χ2n) is 5.77. The van der Waals surface area contributed by atoms with Crippen LogP contribution in [-0.2, 0) is 4.79 Å². The van der Waals surface area contributed by atoms with Gasteiger partial charge in [-0.05, 0) is 50.4 Å². The van der Waals surface area contributed by atoms with Crippen LogP contribution in [0.5, 0.6) is 0 Å². The molecule has 1 aliphatic rings. The van der Waals surface area contributed by atoms with Gasteiger partial charge in [-0.2, -0.15) is 0 Å². The van der Waals surface area contributed by atoms with Crippen LogP contribution in [-0.4, -0.2) is 24.5 Å². The molecular weight excluding hydrogens is 236 g/mol. The summed E-state index contributed by atoms with van der Waals surface area (Å²) < 4.78 is 0. The Kier molecular flexibility index (Phi) is 4.25. The predicted octanol–water partition coefficient (Wildman–Crippen LogP) is 2.91. The summed E-state index contributed by atoms with van der Waals surface area (Å²) in [5.74, 6) is 0.689. The van der Waals surface area contributed by atoms with Crippen LogP contribution in [0, 0.1) is 0 Å². The van der Waals surface area contributed by atoms with Crippen LogP contribution in [0.1, 0.15) is 45.6 Å². The van der Waals surface area contributed by atoms with Crippen molar-refractivity contribution in [2.24, 2.45) is 0 Å². The van der Waals surface area contributed by atoms with Crippen molar-refractivity contribution in [3.63, 3.8) is 0 Å². The molecule has 3 nitrogen and oxygen atoms in total. The van der Waals surface area contributed by atoms with Gasteiger partial charge < -0.3 is 10.2 Å². The molecule has 0 radical (unpaired) electrons. The number of hydrogen-bond acceptors (Lipinski definition) is 2. The lowest BCUT2D eigenvalue weighted by Gasteiger charge is -2.28. The lowest BCUT2D eigenvalue weighted by molar-refractivity contribution is -0.120. The zero-order valence-corrected chi connectivity index (χ0v) is 12.3. The average molecular weight is 260 g/mol. The second-order valence-corrected chi connectivity index (χ2v) is 5.77. The lowest BCUT2D eigenvalue weighted by Crippen LogP contribution is -2.44. The van der Waals surface area contributed by atoms with Crippen molar-refractivity contribution in [2.45, 2.75) is 52.1 Å². The average Bonchev–Trinajstić information content (AvgIpc) is 2.50. The van der Waals surface area contributed by atoms with Gasteiger partial charge in [0.05, 0.1) is 6.04 Å². The van der Waals surface area contributed by atoms with Crippen LogP contribution < -0.4 is 10.2 Å². The van der Waals surface area contributed by atoms with Gasteiger partial charge in [-0.3, -0.25) is 4.79 Å². The van der Waals surface area contributed by atoms with Gasteiger partial charge in [0.2, 0.25) is 5.91 Å². The molecule has 104 valence electrons. The number of hydrogen-bond donors (Lipinski definition) is 1.